The van der Waals surface area contributed by atoms with Crippen molar-refractivity contribution in [2.75, 3.05) is 19.7 Å². The summed E-state index contributed by atoms with van der Waals surface area (Å²) in [6, 6.07) is 5.49. The Morgan fingerprint density at radius 1 is 1.23 bits per heavy atom. The maximum atomic E-state index is 14.9. The van der Waals surface area contributed by atoms with Crippen LogP contribution in [0, 0.1) is 11.6 Å². The second-order valence-electron chi connectivity index (χ2n) is 7.00. The molecule has 2 heterocycles. The van der Waals surface area contributed by atoms with Crippen LogP contribution in [-0.4, -0.2) is 46.2 Å². The van der Waals surface area contributed by atoms with Crippen LogP contribution in [0.4, 0.5) is 8.78 Å². The summed E-state index contributed by atoms with van der Waals surface area (Å²) in [6.07, 6.45) is -0.380. The maximum absolute atomic E-state index is 14.9. The Bertz CT molecular complexity index is 1130. The minimum atomic E-state index is -0.617. The Morgan fingerprint density at radius 3 is 2.70 bits per heavy atom. The van der Waals surface area contributed by atoms with E-state index in [-0.39, 0.29) is 40.0 Å². The Labute approximate surface area is 189 Å². The molecular formula is C20H16BrCl2F2N3O2. The van der Waals surface area contributed by atoms with Gasteiger partial charge in [0.1, 0.15) is 17.5 Å². The third kappa shape index (κ3) is 4.06. The predicted octanol–water partition coefficient (Wildman–Crippen LogP) is 5.30. The topological polar surface area (TPSA) is 47.4 Å². The number of carbonyl (C=O) groups is 1. The molecule has 0 aliphatic carbocycles. The molecule has 1 saturated heterocycles. The Hall–Kier alpha value is -1.74. The molecule has 1 fully saturated rings. The number of imidazole rings is 1. The molecule has 1 aliphatic rings. The number of aromatic nitrogens is 2. The SMILES string of the molecule is CC(=O)N1CCO[C@@H](Cn2c(-c3c(F)cc(Br)cc3Cl)nc3cc(Cl)c(F)cc32)C1. The largest absolute Gasteiger partial charge is 0.373 e. The van der Waals surface area contributed by atoms with Crippen molar-refractivity contribution in [3.63, 3.8) is 0 Å². The number of morpholine rings is 1. The number of carbonyl (C=O) groups excluding carboxylic acids is 1. The fourth-order valence-electron chi connectivity index (χ4n) is 3.57. The molecule has 1 atom stereocenters. The highest BCUT2D eigenvalue weighted by Crippen LogP contribution is 2.36. The number of halogens is 5. The van der Waals surface area contributed by atoms with Gasteiger partial charge in [-0.15, -0.1) is 0 Å². The van der Waals surface area contributed by atoms with Gasteiger partial charge in [-0.05, 0) is 18.2 Å². The molecule has 2 aromatic carbocycles. The molecule has 0 bridgehead atoms. The van der Waals surface area contributed by atoms with E-state index in [4.69, 9.17) is 27.9 Å². The van der Waals surface area contributed by atoms with Gasteiger partial charge in [0.05, 0.1) is 45.9 Å². The van der Waals surface area contributed by atoms with Crippen molar-refractivity contribution in [3.05, 3.63) is 50.4 Å². The standard InChI is InChI=1S/C20H16BrCl2F2N3O2/c1-10(29)27-2-3-30-12(8-27)9-28-18-7-15(24)13(22)6-17(18)26-20(28)19-14(23)4-11(21)5-16(19)25/h4-7,12H,2-3,8-9H2,1H3/t12-/m1/s1. The van der Waals surface area contributed by atoms with Crippen LogP contribution in [0.2, 0.25) is 10.0 Å². The van der Waals surface area contributed by atoms with Gasteiger partial charge in [-0.3, -0.25) is 4.79 Å². The Balaban J connectivity index is 1.86. The number of benzene rings is 2. The van der Waals surface area contributed by atoms with Gasteiger partial charge in [-0.1, -0.05) is 39.1 Å². The van der Waals surface area contributed by atoms with Crippen LogP contribution in [0.5, 0.6) is 0 Å². The molecule has 0 radical (unpaired) electrons. The minimum Gasteiger partial charge on any atom is -0.373 e. The summed E-state index contributed by atoms with van der Waals surface area (Å²) in [4.78, 5) is 17.9. The highest BCUT2D eigenvalue weighted by molar-refractivity contribution is 9.10. The van der Waals surface area contributed by atoms with Crippen molar-refractivity contribution < 1.29 is 18.3 Å². The summed E-state index contributed by atoms with van der Waals surface area (Å²) in [5, 5.41) is 0.0673. The van der Waals surface area contributed by atoms with Crippen LogP contribution < -0.4 is 0 Å². The molecule has 4 rings (SSSR count). The first-order chi connectivity index (χ1) is 14.2. The third-order valence-electron chi connectivity index (χ3n) is 4.99. The van der Waals surface area contributed by atoms with E-state index < -0.39 is 11.6 Å². The molecule has 0 saturated carbocycles. The molecular weight excluding hydrogens is 503 g/mol. The fraction of sp³-hybridized carbons (Fsp3) is 0.300. The number of fused-ring (bicyclic) bond motifs is 1. The minimum absolute atomic E-state index is 0.0566. The van der Waals surface area contributed by atoms with Gasteiger partial charge >= 0.3 is 0 Å². The Morgan fingerprint density at radius 2 is 2.00 bits per heavy atom. The number of nitrogens with zero attached hydrogens (tertiary/aromatic N) is 3. The van der Waals surface area contributed by atoms with Gasteiger partial charge < -0.3 is 14.2 Å². The number of hydrogen-bond acceptors (Lipinski definition) is 3. The number of ether oxygens (including phenoxy) is 1. The first kappa shape index (κ1) is 21.5. The van der Waals surface area contributed by atoms with Crippen molar-refractivity contribution in [1.29, 1.82) is 0 Å². The summed E-state index contributed by atoms with van der Waals surface area (Å²) in [7, 11) is 0. The zero-order valence-corrected chi connectivity index (χ0v) is 18.9. The van der Waals surface area contributed by atoms with E-state index in [0.29, 0.717) is 35.2 Å². The predicted molar refractivity (Wildman–Crippen MR) is 115 cm³/mol. The molecule has 0 unspecified atom stereocenters. The molecule has 0 N–H and O–H groups in total. The molecule has 158 valence electrons. The van der Waals surface area contributed by atoms with Gasteiger partial charge in [0.2, 0.25) is 5.91 Å². The van der Waals surface area contributed by atoms with E-state index in [1.54, 1.807) is 15.5 Å². The summed E-state index contributed by atoms with van der Waals surface area (Å²) in [5.41, 5.74) is 0.912. The van der Waals surface area contributed by atoms with Crippen LogP contribution in [-0.2, 0) is 16.1 Å². The molecule has 30 heavy (non-hydrogen) atoms. The Kier molecular flexibility index (Phi) is 6.03. The maximum Gasteiger partial charge on any atom is 0.219 e. The average Bonchev–Trinajstić information content (AvgIpc) is 2.98. The van der Waals surface area contributed by atoms with Gasteiger partial charge in [0, 0.05) is 30.6 Å². The molecule has 1 amide bonds. The smallest absolute Gasteiger partial charge is 0.219 e. The van der Waals surface area contributed by atoms with Crippen molar-refractivity contribution in [2.24, 2.45) is 0 Å². The van der Waals surface area contributed by atoms with Crippen LogP contribution in [0.1, 0.15) is 6.92 Å². The van der Waals surface area contributed by atoms with Crippen molar-refractivity contribution in [3.8, 4) is 11.4 Å². The lowest BCUT2D eigenvalue weighted by molar-refractivity contribution is -0.136. The van der Waals surface area contributed by atoms with Crippen molar-refractivity contribution in [2.45, 2.75) is 19.6 Å². The van der Waals surface area contributed by atoms with Gasteiger partial charge in [0.15, 0.2) is 0 Å². The van der Waals surface area contributed by atoms with E-state index in [1.807, 2.05) is 0 Å². The normalized spacial score (nSPS) is 17.0. The monoisotopic (exact) mass is 517 g/mol. The van der Waals surface area contributed by atoms with E-state index >= 15 is 0 Å². The molecule has 0 spiro atoms. The quantitative estimate of drug-likeness (QED) is 0.473. The lowest BCUT2D eigenvalue weighted by Crippen LogP contribution is -2.46. The zero-order chi connectivity index (χ0) is 21.6. The first-order valence-electron chi connectivity index (χ1n) is 9.12. The van der Waals surface area contributed by atoms with E-state index in [0.717, 1.165) is 0 Å². The van der Waals surface area contributed by atoms with Crippen LogP contribution in [0.3, 0.4) is 0 Å². The van der Waals surface area contributed by atoms with E-state index in [2.05, 4.69) is 20.9 Å². The summed E-state index contributed by atoms with van der Waals surface area (Å²) in [5.74, 6) is -1.02. The van der Waals surface area contributed by atoms with Gasteiger partial charge in [-0.2, -0.15) is 0 Å². The molecule has 1 aromatic heterocycles. The third-order valence-corrected chi connectivity index (χ3v) is 6.04. The van der Waals surface area contributed by atoms with Crippen LogP contribution >= 0.6 is 39.1 Å². The van der Waals surface area contributed by atoms with Gasteiger partial charge in [0.25, 0.3) is 0 Å². The lowest BCUT2D eigenvalue weighted by atomic mass is 10.2. The molecule has 1 aliphatic heterocycles. The number of hydrogen-bond donors (Lipinski definition) is 0. The van der Waals surface area contributed by atoms with Crippen molar-refractivity contribution in [1.82, 2.24) is 14.5 Å². The second kappa shape index (κ2) is 8.42. The van der Waals surface area contributed by atoms with E-state index in [9.17, 15) is 13.6 Å². The summed E-state index contributed by atoms with van der Waals surface area (Å²) < 4.78 is 37.0. The number of rotatable bonds is 3. The van der Waals surface area contributed by atoms with Crippen LogP contribution in [0.15, 0.2) is 28.7 Å². The second-order valence-corrected chi connectivity index (χ2v) is 8.73. The average molecular weight is 519 g/mol. The fourth-order valence-corrected chi connectivity index (χ4v) is 4.58. The molecule has 10 heteroatoms. The van der Waals surface area contributed by atoms with Gasteiger partial charge in [-0.25, -0.2) is 13.8 Å². The summed E-state index contributed by atoms with van der Waals surface area (Å²) in [6.45, 7) is 2.96. The highest BCUT2D eigenvalue weighted by atomic mass is 79.9. The van der Waals surface area contributed by atoms with E-state index in [1.165, 1.54) is 25.1 Å². The zero-order valence-electron chi connectivity index (χ0n) is 15.8. The van der Waals surface area contributed by atoms with Crippen LogP contribution in [0.25, 0.3) is 22.4 Å². The number of amides is 1. The van der Waals surface area contributed by atoms with Crippen molar-refractivity contribution >= 4 is 56.1 Å². The highest BCUT2D eigenvalue weighted by Gasteiger charge is 2.27. The molecule has 3 aromatic rings. The first-order valence-corrected chi connectivity index (χ1v) is 10.7. The molecule has 5 nitrogen and oxygen atoms in total. The lowest BCUT2D eigenvalue weighted by Gasteiger charge is -2.32. The summed E-state index contributed by atoms with van der Waals surface area (Å²) >= 11 is 15.5.